The summed E-state index contributed by atoms with van der Waals surface area (Å²) in [4.78, 5) is 0. The number of hydrogen-bond acceptors (Lipinski definition) is 3. The molecule has 0 radical (unpaired) electrons. The normalized spacial score (nSPS) is 31.2. The van der Waals surface area contributed by atoms with Crippen LogP contribution in [0.25, 0.3) is 0 Å². The van der Waals surface area contributed by atoms with Gasteiger partial charge in [0.15, 0.2) is 0 Å². The molecular formula is C22H35N3. The van der Waals surface area contributed by atoms with Gasteiger partial charge in [-0.15, -0.1) is 0 Å². The van der Waals surface area contributed by atoms with E-state index < -0.39 is 0 Å². The Hall–Kier alpha value is -1.77. The van der Waals surface area contributed by atoms with Gasteiger partial charge in [0.05, 0.1) is 5.70 Å². The van der Waals surface area contributed by atoms with Crippen LogP contribution in [0.15, 0.2) is 52.4 Å². The molecule has 0 saturated heterocycles. The van der Waals surface area contributed by atoms with Gasteiger partial charge >= 0.3 is 0 Å². The first-order chi connectivity index (χ1) is 12.1. The molecule has 3 heteroatoms. The van der Waals surface area contributed by atoms with Crippen molar-refractivity contribution in [1.82, 2.24) is 10.3 Å². The summed E-state index contributed by atoms with van der Waals surface area (Å²) >= 11 is 0. The Morgan fingerprint density at radius 1 is 1.40 bits per heavy atom. The fourth-order valence-corrected chi connectivity index (χ4v) is 3.47. The van der Waals surface area contributed by atoms with Crippen LogP contribution in [0.5, 0.6) is 0 Å². The molecule has 1 aliphatic heterocycles. The van der Waals surface area contributed by atoms with Crippen LogP contribution in [-0.2, 0) is 0 Å². The number of nitrogens with zero attached hydrogens (tertiary/aromatic N) is 2. The largest absolute Gasteiger partial charge is 0.391 e. The SMILES string of the molecule is CCC1=C/CC(/C(=C/C(C)CC)NC)C=CC2\C=C\1N(C)/N=C\CC2. The van der Waals surface area contributed by atoms with Gasteiger partial charge in [0.25, 0.3) is 0 Å². The van der Waals surface area contributed by atoms with Crippen LogP contribution in [0, 0.1) is 17.8 Å². The van der Waals surface area contributed by atoms with Gasteiger partial charge in [0.2, 0.25) is 0 Å². The molecule has 0 fully saturated rings. The molecule has 0 aromatic carbocycles. The Balaban J connectivity index is 2.38. The molecule has 2 bridgehead atoms. The summed E-state index contributed by atoms with van der Waals surface area (Å²) in [7, 11) is 4.12. The predicted molar refractivity (Wildman–Crippen MR) is 109 cm³/mol. The van der Waals surface area contributed by atoms with Crippen molar-refractivity contribution in [1.29, 1.82) is 0 Å². The first-order valence-electron chi connectivity index (χ1n) is 9.84. The lowest BCUT2D eigenvalue weighted by molar-refractivity contribution is 0.441. The zero-order valence-electron chi connectivity index (χ0n) is 16.6. The molecule has 3 atom stereocenters. The molecule has 0 amide bonds. The quantitative estimate of drug-likeness (QED) is 0.691. The summed E-state index contributed by atoms with van der Waals surface area (Å²) in [5.41, 5.74) is 4.02. The molecule has 3 nitrogen and oxygen atoms in total. The number of nitrogens with one attached hydrogen (secondary N) is 1. The van der Waals surface area contributed by atoms with Gasteiger partial charge in [-0.1, -0.05) is 57.6 Å². The Morgan fingerprint density at radius 2 is 2.20 bits per heavy atom. The third-order valence-electron chi connectivity index (χ3n) is 5.32. The number of allylic oxidation sites excluding steroid dienone is 6. The smallest absolute Gasteiger partial charge is 0.0585 e. The van der Waals surface area contributed by atoms with Crippen molar-refractivity contribution in [2.75, 3.05) is 14.1 Å². The maximum absolute atomic E-state index is 4.58. The highest BCUT2D eigenvalue weighted by atomic mass is 15.4. The van der Waals surface area contributed by atoms with E-state index in [0.29, 0.717) is 17.8 Å². The van der Waals surface area contributed by atoms with E-state index in [9.17, 15) is 0 Å². The van der Waals surface area contributed by atoms with Gasteiger partial charge in [0.1, 0.15) is 0 Å². The second-order valence-electron chi connectivity index (χ2n) is 7.18. The van der Waals surface area contributed by atoms with Crippen molar-refractivity contribution < 1.29 is 0 Å². The zero-order chi connectivity index (χ0) is 18.2. The van der Waals surface area contributed by atoms with E-state index in [1.165, 1.54) is 23.4 Å². The highest BCUT2D eigenvalue weighted by Gasteiger charge is 2.18. The number of hydrazone groups is 1. The van der Waals surface area contributed by atoms with E-state index in [1.54, 1.807) is 0 Å². The Morgan fingerprint density at radius 3 is 2.88 bits per heavy atom. The van der Waals surface area contributed by atoms with E-state index in [0.717, 1.165) is 25.7 Å². The van der Waals surface area contributed by atoms with Crippen molar-refractivity contribution in [2.45, 2.75) is 52.9 Å². The van der Waals surface area contributed by atoms with Crippen LogP contribution in [0.2, 0.25) is 0 Å². The van der Waals surface area contributed by atoms with Crippen LogP contribution in [-0.4, -0.2) is 25.3 Å². The van der Waals surface area contributed by atoms with Gasteiger partial charge < -0.3 is 5.32 Å². The number of rotatable bonds is 5. The minimum atomic E-state index is 0.419. The third kappa shape index (κ3) is 5.35. The van der Waals surface area contributed by atoms with Gasteiger partial charge in [-0.3, -0.25) is 5.01 Å². The second-order valence-corrected chi connectivity index (χ2v) is 7.18. The standard InChI is InChI=1S/C22H35N3/c1-6-17(3)15-21(23-4)20-11-10-18-9-8-14-24-25(5)22(16-18)19(7-2)12-13-20/h10-12,14-18,20,23H,6-9,13H2,1-5H3/b11-10?,19-12-,21-15-,22-16-,24-14-. The second kappa shape index (κ2) is 9.65. The van der Waals surface area contributed by atoms with Gasteiger partial charge in [-0.2, -0.15) is 5.10 Å². The maximum atomic E-state index is 4.58. The number of fused-ring (bicyclic) bond motifs is 1. The minimum Gasteiger partial charge on any atom is -0.391 e. The third-order valence-corrected chi connectivity index (χ3v) is 5.32. The molecule has 2 rings (SSSR count). The van der Waals surface area contributed by atoms with E-state index in [2.05, 4.69) is 81.9 Å². The highest BCUT2D eigenvalue weighted by molar-refractivity contribution is 5.57. The molecule has 1 heterocycles. The summed E-state index contributed by atoms with van der Waals surface area (Å²) in [5.74, 6) is 1.49. The van der Waals surface area contributed by atoms with Crippen molar-refractivity contribution in [3.05, 3.63) is 47.3 Å². The van der Waals surface area contributed by atoms with Gasteiger partial charge in [-0.25, -0.2) is 0 Å². The molecule has 138 valence electrons. The first-order valence-corrected chi connectivity index (χ1v) is 9.84. The lowest BCUT2D eigenvalue weighted by atomic mass is 9.94. The summed E-state index contributed by atoms with van der Waals surface area (Å²) < 4.78 is 0. The van der Waals surface area contributed by atoms with Crippen LogP contribution in [0.3, 0.4) is 0 Å². The van der Waals surface area contributed by atoms with Gasteiger partial charge in [-0.05, 0) is 43.1 Å². The first kappa shape index (κ1) is 19.6. The average molecular weight is 342 g/mol. The molecule has 0 aromatic heterocycles. The summed E-state index contributed by atoms with van der Waals surface area (Å²) in [6.45, 7) is 6.78. The molecule has 0 spiro atoms. The van der Waals surface area contributed by atoms with Crippen molar-refractivity contribution in [3.63, 3.8) is 0 Å². The lowest BCUT2D eigenvalue weighted by Gasteiger charge is -2.23. The lowest BCUT2D eigenvalue weighted by Crippen LogP contribution is -2.16. The Bertz CT molecular complexity index is 580. The zero-order valence-corrected chi connectivity index (χ0v) is 16.6. The van der Waals surface area contributed by atoms with Crippen LogP contribution < -0.4 is 5.32 Å². The molecule has 3 unspecified atom stereocenters. The maximum Gasteiger partial charge on any atom is 0.0585 e. The van der Waals surface area contributed by atoms with E-state index in [4.69, 9.17) is 0 Å². The monoisotopic (exact) mass is 341 g/mol. The molecular weight excluding hydrogens is 306 g/mol. The summed E-state index contributed by atoms with van der Waals surface area (Å²) in [6, 6.07) is 0. The Labute approximate surface area is 154 Å². The Kier molecular flexibility index (Phi) is 7.54. The van der Waals surface area contributed by atoms with Crippen molar-refractivity contribution in [3.8, 4) is 0 Å². The minimum absolute atomic E-state index is 0.419. The molecule has 0 aromatic rings. The number of hydrogen-bond donors (Lipinski definition) is 1. The van der Waals surface area contributed by atoms with E-state index >= 15 is 0 Å². The van der Waals surface area contributed by atoms with Crippen LogP contribution in [0.4, 0.5) is 0 Å². The average Bonchev–Trinajstić information content (AvgIpc) is 2.70. The van der Waals surface area contributed by atoms with Crippen molar-refractivity contribution >= 4 is 6.21 Å². The highest BCUT2D eigenvalue weighted by Crippen LogP contribution is 2.29. The summed E-state index contributed by atoms with van der Waals surface area (Å²) in [5, 5.41) is 10.1. The molecule has 2 aliphatic rings. The van der Waals surface area contributed by atoms with Crippen molar-refractivity contribution in [2.24, 2.45) is 22.9 Å². The summed E-state index contributed by atoms with van der Waals surface area (Å²) in [6.07, 6.45) is 19.5. The topological polar surface area (TPSA) is 27.6 Å². The molecule has 0 saturated carbocycles. The number of likely N-dealkylation sites (N-methyl/N-ethyl adjacent to an activating group) is 1. The predicted octanol–water partition coefficient (Wildman–Crippen LogP) is 5.26. The molecule has 1 N–H and O–H groups in total. The van der Waals surface area contributed by atoms with Crippen LogP contribution >= 0.6 is 0 Å². The molecule has 1 aliphatic carbocycles. The molecule has 25 heavy (non-hydrogen) atoms. The fourth-order valence-electron chi connectivity index (χ4n) is 3.47. The van der Waals surface area contributed by atoms with E-state index in [1.807, 2.05) is 5.01 Å². The van der Waals surface area contributed by atoms with Crippen LogP contribution in [0.1, 0.15) is 52.9 Å². The fraction of sp³-hybridized carbons (Fsp3) is 0.591. The van der Waals surface area contributed by atoms with E-state index in [-0.39, 0.29) is 0 Å². The van der Waals surface area contributed by atoms with Gasteiger partial charge in [0, 0.05) is 31.9 Å².